The summed E-state index contributed by atoms with van der Waals surface area (Å²) >= 11 is 0. The van der Waals surface area contributed by atoms with Crippen molar-refractivity contribution in [2.45, 2.75) is 19.4 Å². The summed E-state index contributed by atoms with van der Waals surface area (Å²) in [6.07, 6.45) is 4.79. The molecule has 0 aliphatic carbocycles. The van der Waals surface area contributed by atoms with E-state index in [-0.39, 0.29) is 0 Å². The Balaban J connectivity index is 2.81. The van der Waals surface area contributed by atoms with Gasteiger partial charge in [-0.15, -0.1) is 0 Å². The van der Waals surface area contributed by atoms with E-state index >= 15 is 0 Å². The summed E-state index contributed by atoms with van der Waals surface area (Å²) in [6, 6.07) is 0. The van der Waals surface area contributed by atoms with Gasteiger partial charge in [-0.2, -0.15) is 0 Å². The highest BCUT2D eigenvalue weighted by molar-refractivity contribution is 5.31. The Morgan fingerprint density at radius 3 is 2.42 bits per heavy atom. The highest BCUT2D eigenvalue weighted by atomic mass is 14.8. The quantitative estimate of drug-likeness (QED) is 0.566. The Hall–Kier alpha value is -1.40. The maximum Gasteiger partial charge on any atom is 0.115 e. The summed E-state index contributed by atoms with van der Waals surface area (Å²) in [4.78, 5) is 7.66. The molecule has 0 amide bonds. The molecule has 0 radical (unpaired) electrons. The van der Waals surface area contributed by atoms with Gasteiger partial charge in [-0.3, -0.25) is 0 Å². The van der Waals surface area contributed by atoms with E-state index in [0.717, 1.165) is 5.56 Å². The van der Waals surface area contributed by atoms with Crippen molar-refractivity contribution in [1.82, 2.24) is 9.97 Å². The molecule has 0 atom stereocenters. The summed E-state index contributed by atoms with van der Waals surface area (Å²) in [7, 11) is 0. The Morgan fingerprint density at radius 2 is 1.92 bits per heavy atom. The second kappa shape index (κ2) is 3.33. The average Bonchev–Trinajstić information content (AvgIpc) is 2.02. The fraction of sp³-hybridized carbons (Fsp3) is 0.333. The van der Waals surface area contributed by atoms with Crippen molar-refractivity contribution in [3.8, 4) is 11.8 Å². The first-order valence-electron chi connectivity index (χ1n) is 3.65. The summed E-state index contributed by atoms with van der Waals surface area (Å²) in [5.74, 6) is 5.77. The van der Waals surface area contributed by atoms with Crippen LogP contribution in [0.2, 0.25) is 0 Å². The van der Waals surface area contributed by atoms with E-state index < -0.39 is 5.54 Å². The van der Waals surface area contributed by atoms with Crippen LogP contribution in [0.5, 0.6) is 0 Å². The van der Waals surface area contributed by atoms with Gasteiger partial charge in [0.05, 0.1) is 11.1 Å². The monoisotopic (exact) mass is 161 g/mol. The Bertz CT molecular complexity index is 300. The van der Waals surface area contributed by atoms with Crippen molar-refractivity contribution in [2.75, 3.05) is 0 Å². The first-order valence-corrected chi connectivity index (χ1v) is 3.65. The third-order valence-corrected chi connectivity index (χ3v) is 1.09. The topological polar surface area (TPSA) is 51.8 Å². The molecule has 12 heavy (non-hydrogen) atoms. The third-order valence-electron chi connectivity index (χ3n) is 1.09. The first kappa shape index (κ1) is 8.69. The zero-order valence-corrected chi connectivity index (χ0v) is 7.20. The van der Waals surface area contributed by atoms with Crippen LogP contribution in [-0.4, -0.2) is 15.5 Å². The fourth-order valence-electron chi connectivity index (χ4n) is 0.597. The lowest BCUT2D eigenvalue weighted by atomic mass is 10.1. The van der Waals surface area contributed by atoms with Crippen molar-refractivity contribution < 1.29 is 0 Å². The van der Waals surface area contributed by atoms with Crippen molar-refractivity contribution in [3.05, 3.63) is 24.3 Å². The van der Waals surface area contributed by atoms with Gasteiger partial charge >= 0.3 is 0 Å². The zero-order valence-electron chi connectivity index (χ0n) is 7.20. The smallest absolute Gasteiger partial charge is 0.115 e. The third kappa shape index (κ3) is 3.13. The SMILES string of the molecule is CC(C)(N)C#Cc1cncnc1. The van der Waals surface area contributed by atoms with Gasteiger partial charge in [0, 0.05) is 12.4 Å². The Kier molecular flexibility index (Phi) is 2.41. The molecule has 0 bridgehead atoms. The molecular weight excluding hydrogens is 150 g/mol. The van der Waals surface area contributed by atoms with E-state index in [1.54, 1.807) is 12.4 Å². The maximum absolute atomic E-state index is 5.67. The summed E-state index contributed by atoms with van der Waals surface area (Å²) in [6.45, 7) is 3.70. The molecule has 0 aliphatic heterocycles. The van der Waals surface area contributed by atoms with E-state index in [1.165, 1.54) is 6.33 Å². The van der Waals surface area contributed by atoms with E-state index in [9.17, 15) is 0 Å². The summed E-state index contributed by atoms with van der Waals surface area (Å²) in [5.41, 5.74) is 5.99. The molecule has 0 saturated carbocycles. The number of nitrogens with zero attached hydrogens (tertiary/aromatic N) is 2. The van der Waals surface area contributed by atoms with Crippen molar-refractivity contribution in [3.63, 3.8) is 0 Å². The van der Waals surface area contributed by atoms with Crippen LogP contribution in [-0.2, 0) is 0 Å². The van der Waals surface area contributed by atoms with Crippen LogP contribution in [0.15, 0.2) is 18.7 Å². The molecule has 0 aromatic carbocycles. The molecule has 3 nitrogen and oxygen atoms in total. The molecule has 0 aliphatic rings. The van der Waals surface area contributed by atoms with Crippen LogP contribution in [0.4, 0.5) is 0 Å². The normalized spacial score (nSPS) is 10.2. The van der Waals surface area contributed by atoms with Gasteiger partial charge in [0.25, 0.3) is 0 Å². The number of hydrogen-bond acceptors (Lipinski definition) is 3. The molecule has 0 saturated heterocycles. The number of hydrogen-bond donors (Lipinski definition) is 1. The zero-order chi connectivity index (χ0) is 9.03. The standard InChI is InChI=1S/C9H11N3/c1-9(2,10)4-3-8-5-11-7-12-6-8/h5-7H,10H2,1-2H3. The fourth-order valence-corrected chi connectivity index (χ4v) is 0.597. The molecule has 0 fully saturated rings. The second-order valence-corrected chi connectivity index (χ2v) is 3.10. The highest BCUT2D eigenvalue weighted by Gasteiger charge is 2.03. The van der Waals surface area contributed by atoms with Crippen LogP contribution in [0, 0.1) is 11.8 Å². The van der Waals surface area contributed by atoms with Gasteiger partial charge < -0.3 is 5.73 Å². The van der Waals surface area contributed by atoms with Gasteiger partial charge in [-0.1, -0.05) is 11.8 Å². The minimum atomic E-state index is -0.462. The van der Waals surface area contributed by atoms with E-state index in [0.29, 0.717) is 0 Å². The molecule has 1 aromatic heterocycles. The Labute approximate surface area is 72.0 Å². The highest BCUT2D eigenvalue weighted by Crippen LogP contribution is 1.94. The molecular formula is C9H11N3. The van der Waals surface area contributed by atoms with E-state index in [2.05, 4.69) is 21.8 Å². The van der Waals surface area contributed by atoms with E-state index in [4.69, 9.17) is 5.73 Å². The molecule has 1 rings (SSSR count). The summed E-state index contributed by atoms with van der Waals surface area (Å²) in [5, 5.41) is 0. The molecule has 0 unspecified atom stereocenters. The van der Waals surface area contributed by atoms with Crippen LogP contribution in [0.25, 0.3) is 0 Å². The van der Waals surface area contributed by atoms with E-state index in [1.807, 2.05) is 13.8 Å². The van der Waals surface area contributed by atoms with Crippen LogP contribution < -0.4 is 5.73 Å². The number of aromatic nitrogens is 2. The molecule has 0 spiro atoms. The van der Waals surface area contributed by atoms with Crippen LogP contribution >= 0.6 is 0 Å². The van der Waals surface area contributed by atoms with Crippen LogP contribution in [0.3, 0.4) is 0 Å². The predicted octanol–water partition coefficient (Wildman–Crippen LogP) is 0.565. The van der Waals surface area contributed by atoms with Crippen molar-refractivity contribution in [2.24, 2.45) is 5.73 Å². The lowest BCUT2D eigenvalue weighted by Gasteiger charge is -2.06. The van der Waals surface area contributed by atoms with Gasteiger partial charge in [0.1, 0.15) is 6.33 Å². The maximum atomic E-state index is 5.67. The number of nitrogens with two attached hydrogens (primary N) is 1. The molecule has 1 aromatic rings. The largest absolute Gasteiger partial charge is 0.316 e. The lowest BCUT2D eigenvalue weighted by molar-refractivity contribution is 0.680. The minimum absolute atomic E-state index is 0.462. The van der Waals surface area contributed by atoms with Crippen molar-refractivity contribution in [1.29, 1.82) is 0 Å². The number of rotatable bonds is 0. The van der Waals surface area contributed by atoms with Gasteiger partial charge in [0.15, 0.2) is 0 Å². The summed E-state index contributed by atoms with van der Waals surface area (Å²) < 4.78 is 0. The predicted molar refractivity (Wildman–Crippen MR) is 47.2 cm³/mol. The molecule has 2 N–H and O–H groups in total. The second-order valence-electron chi connectivity index (χ2n) is 3.10. The Morgan fingerprint density at radius 1 is 1.33 bits per heavy atom. The van der Waals surface area contributed by atoms with Gasteiger partial charge in [-0.25, -0.2) is 9.97 Å². The lowest BCUT2D eigenvalue weighted by Crippen LogP contribution is -2.29. The van der Waals surface area contributed by atoms with Gasteiger partial charge in [0.2, 0.25) is 0 Å². The van der Waals surface area contributed by atoms with Crippen LogP contribution in [0.1, 0.15) is 19.4 Å². The van der Waals surface area contributed by atoms with Crippen molar-refractivity contribution >= 4 is 0 Å². The molecule has 3 heteroatoms. The van der Waals surface area contributed by atoms with Gasteiger partial charge in [-0.05, 0) is 13.8 Å². The first-order chi connectivity index (χ1) is 5.58. The average molecular weight is 161 g/mol. The molecule has 1 heterocycles. The molecule has 62 valence electrons. The minimum Gasteiger partial charge on any atom is -0.316 e.